The number of nitrogen functional groups attached to an aromatic ring is 2. The quantitative estimate of drug-likeness (QED) is 0.765. The molecule has 2 aromatic rings. The summed E-state index contributed by atoms with van der Waals surface area (Å²) in [4.78, 5) is 0. The van der Waals surface area contributed by atoms with E-state index in [4.69, 9.17) is 23.1 Å². The highest BCUT2D eigenvalue weighted by Crippen LogP contribution is 2.29. The Morgan fingerprint density at radius 2 is 1.38 bits per heavy atom. The largest absolute Gasteiger partial charge is 0.399 e. The molecule has 0 aliphatic carbocycles. The topological polar surface area (TPSA) is 52.0 Å². The van der Waals surface area contributed by atoms with Crippen LogP contribution in [0.1, 0.15) is 0 Å². The Labute approximate surface area is 106 Å². The maximum absolute atomic E-state index is 6.09. The monoisotopic (exact) mass is 254 g/mol. The van der Waals surface area contributed by atoms with Crippen molar-refractivity contribution in [3.8, 4) is 11.1 Å². The van der Waals surface area contributed by atoms with Crippen LogP contribution in [-0.2, 0) is 0 Å². The number of nitrogens with two attached hydrogens (primary N) is 2. The normalized spacial score (nSPS) is 9.56. The second-order valence-electron chi connectivity index (χ2n) is 3.36. The van der Waals surface area contributed by atoms with Crippen LogP contribution in [0.5, 0.6) is 0 Å². The molecule has 2 rings (SSSR count). The van der Waals surface area contributed by atoms with Gasteiger partial charge in [-0.05, 0) is 29.8 Å². The standard InChI is InChI=1S/C12H11ClN2.ClH/c13-12-7-10(15)5-6-11(12)8-1-3-9(14)4-2-8;/h1-7H,14-15H2;1H. The third-order valence-electron chi connectivity index (χ3n) is 2.21. The highest BCUT2D eigenvalue weighted by molar-refractivity contribution is 6.33. The van der Waals surface area contributed by atoms with Crippen LogP contribution in [0.4, 0.5) is 11.4 Å². The molecular formula is C12H12Cl2N2. The van der Waals surface area contributed by atoms with Crippen molar-refractivity contribution >= 4 is 35.4 Å². The summed E-state index contributed by atoms with van der Waals surface area (Å²) in [7, 11) is 0. The Morgan fingerprint density at radius 1 is 0.812 bits per heavy atom. The number of hydrogen-bond donors (Lipinski definition) is 2. The molecule has 0 saturated carbocycles. The van der Waals surface area contributed by atoms with Crippen LogP contribution in [0.3, 0.4) is 0 Å². The van der Waals surface area contributed by atoms with Crippen LogP contribution < -0.4 is 11.5 Å². The molecule has 16 heavy (non-hydrogen) atoms. The summed E-state index contributed by atoms with van der Waals surface area (Å²) >= 11 is 6.09. The molecule has 0 heterocycles. The molecule has 0 unspecified atom stereocenters. The zero-order chi connectivity index (χ0) is 10.8. The lowest BCUT2D eigenvalue weighted by Gasteiger charge is -2.05. The molecule has 0 spiro atoms. The molecule has 2 nitrogen and oxygen atoms in total. The number of benzene rings is 2. The molecule has 0 amide bonds. The molecule has 4 heteroatoms. The summed E-state index contributed by atoms with van der Waals surface area (Å²) in [6.45, 7) is 0. The SMILES string of the molecule is Cl.Nc1ccc(-c2ccc(N)cc2Cl)cc1. The first-order valence-corrected chi connectivity index (χ1v) is 4.95. The first kappa shape index (κ1) is 12.7. The molecule has 0 radical (unpaired) electrons. The van der Waals surface area contributed by atoms with Crippen molar-refractivity contribution in [1.29, 1.82) is 0 Å². The van der Waals surface area contributed by atoms with E-state index >= 15 is 0 Å². The molecular weight excluding hydrogens is 243 g/mol. The number of halogens is 2. The van der Waals surface area contributed by atoms with Gasteiger partial charge < -0.3 is 11.5 Å². The van der Waals surface area contributed by atoms with Gasteiger partial charge in [0.05, 0.1) is 5.02 Å². The van der Waals surface area contributed by atoms with Crippen molar-refractivity contribution < 1.29 is 0 Å². The van der Waals surface area contributed by atoms with E-state index in [0.717, 1.165) is 16.8 Å². The summed E-state index contributed by atoms with van der Waals surface area (Å²) in [5, 5.41) is 0.653. The van der Waals surface area contributed by atoms with Crippen molar-refractivity contribution in [2.75, 3.05) is 11.5 Å². The van der Waals surface area contributed by atoms with Gasteiger partial charge in [0.2, 0.25) is 0 Å². The van der Waals surface area contributed by atoms with Crippen molar-refractivity contribution in [2.45, 2.75) is 0 Å². The minimum Gasteiger partial charge on any atom is -0.399 e. The smallest absolute Gasteiger partial charge is 0.0504 e. The lowest BCUT2D eigenvalue weighted by atomic mass is 10.1. The average molecular weight is 255 g/mol. The molecule has 0 aliphatic heterocycles. The molecule has 0 bridgehead atoms. The minimum absolute atomic E-state index is 0. The molecule has 2 aromatic carbocycles. The number of anilines is 2. The van der Waals surface area contributed by atoms with Gasteiger partial charge in [-0.25, -0.2) is 0 Å². The Kier molecular flexibility index (Phi) is 4.05. The van der Waals surface area contributed by atoms with Crippen molar-refractivity contribution in [3.05, 3.63) is 47.5 Å². The van der Waals surface area contributed by atoms with Crippen LogP contribution in [0.2, 0.25) is 5.02 Å². The van der Waals surface area contributed by atoms with Gasteiger partial charge in [0, 0.05) is 16.9 Å². The third kappa shape index (κ3) is 2.60. The zero-order valence-electron chi connectivity index (χ0n) is 8.48. The maximum atomic E-state index is 6.09. The van der Waals surface area contributed by atoms with E-state index in [1.54, 1.807) is 6.07 Å². The number of hydrogen-bond acceptors (Lipinski definition) is 2. The van der Waals surface area contributed by atoms with E-state index < -0.39 is 0 Å². The van der Waals surface area contributed by atoms with Gasteiger partial charge in [0.1, 0.15) is 0 Å². The van der Waals surface area contributed by atoms with E-state index in [0.29, 0.717) is 10.7 Å². The van der Waals surface area contributed by atoms with E-state index in [-0.39, 0.29) is 12.4 Å². The summed E-state index contributed by atoms with van der Waals surface area (Å²) in [6, 6.07) is 13.1. The molecule has 0 atom stereocenters. The maximum Gasteiger partial charge on any atom is 0.0504 e. The molecule has 0 fully saturated rings. The van der Waals surface area contributed by atoms with Gasteiger partial charge in [-0.2, -0.15) is 0 Å². The van der Waals surface area contributed by atoms with Crippen LogP contribution in [0.15, 0.2) is 42.5 Å². The van der Waals surface area contributed by atoms with Gasteiger partial charge in [0.25, 0.3) is 0 Å². The van der Waals surface area contributed by atoms with Crippen molar-refractivity contribution in [2.24, 2.45) is 0 Å². The first-order valence-electron chi connectivity index (χ1n) is 4.58. The Balaban J connectivity index is 0.00000128. The molecule has 0 aromatic heterocycles. The van der Waals surface area contributed by atoms with Gasteiger partial charge in [-0.3, -0.25) is 0 Å². The average Bonchev–Trinajstić information content (AvgIpc) is 2.20. The lowest BCUT2D eigenvalue weighted by molar-refractivity contribution is 1.61. The highest BCUT2D eigenvalue weighted by Gasteiger charge is 2.02. The third-order valence-corrected chi connectivity index (χ3v) is 2.53. The summed E-state index contributed by atoms with van der Waals surface area (Å²) in [6.07, 6.45) is 0. The summed E-state index contributed by atoms with van der Waals surface area (Å²) in [5.74, 6) is 0. The number of rotatable bonds is 1. The Bertz CT molecular complexity index is 481. The molecule has 84 valence electrons. The van der Waals surface area contributed by atoms with Gasteiger partial charge >= 0.3 is 0 Å². The van der Waals surface area contributed by atoms with E-state index in [1.807, 2.05) is 36.4 Å². The van der Waals surface area contributed by atoms with E-state index in [2.05, 4.69) is 0 Å². The Hall–Kier alpha value is -1.38. The fourth-order valence-corrected chi connectivity index (χ4v) is 1.73. The van der Waals surface area contributed by atoms with Crippen molar-refractivity contribution in [1.82, 2.24) is 0 Å². The van der Waals surface area contributed by atoms with Gasteiger partial charge in [-0.1, -0.05) is 29.8 Å². The Morgan fingerprint density at radius 3 is 1.94 bits per heavy atom. The zero-order valence-corrected chi connectivity index (χ0v) is 10.1. The van der Waals surface area contributed by atoms with Crippen LogP contribution in [0, 0.1) is 0 Å². The summed E-state index contributed by atoms with van der Waals surface area (Å²) in [5.41, 5.74) is 14.6. The minimum atomic E-state index is 0. The molecule has 4 N–H and O–H groups in total. The molecule has 0 aliphatic rings. The second-order valence-corrected chi connectivity index (χ2v) is 3.77. The van der Waals surface area contributed by atoms with E-state index in [1.165, 1.54) is 0 Å². The second kappa shape index (κ2) is 5.10. The fourth-order valence-electron chi connectivity index (χ4n) is 1.43. The van der Waals surface area contributed by atoms with Crippen LogP contribution in [-0.4, -0.2) is 0 Å². The van der Waals surface area contributed by atoms with Gasteiger partial charge in [0.15, 0.2) is 0 Å². The molecule has 0 saturated heterocycles. The predicted octanol–water partition coefficient (Wildman–Crippen LogP) is 3.59. The van der Waals surface area contributed by atoms with Crippen molar-refractivity contribution in [3.63, 3.8) is 0 Å². The van der Waals surface area contributed by atoms with E-state index in [9.17, 15) is 0 Å². The predicted molar refractivity (Wildman–Crippen MR) is 73.0 cm³/mol. The summed E-state index contributed by atoms with van der Waals surface area (Å²) < 4.78 is 0. The fraction of sp³-hybridized carbons (Fsp3) is 0. The van der Waals surface area contributed by atoms with Crippen LogP contribution >= 0.6 is 24.0 Å². The van der Waals surface area contributed by atoms with Gasteiger partial charge in [-0.15, -0.1) is 12.4 Å². The highest BCUT2D eigenvalue weighted by atomic mass is 35.5. The lowest BCUT2D eigenvalue weighted by Crippen LogP contribution is -1.87. The first-order chi connectivity index (χ1) is 7.16. The van der Waals surface area contributed by atoms with Crippen LogP contribution in [0.25, 0.3) is 11.1 Å².